The molecule has 2 aromatic rings. The normalized spacial score (nSPS) is 22.4. The fourth-order valence-electron chi connectivity index (χ4n) is 2.92. The molecule has 1 aliphatic rings. The van der Waals surface area contributed by atoms with Crippen LogP contribution in [0.2, 0.25) is 0 Å². The molecule has 0 atom stereocenters. The number of hydrogen-bond donors (Lipinski definition) is 2. The Bertz CT molecular complexity index is 544. The minimum atomic E-state index is -0.0996. The van der Waals surface area contributed by atoms with E-state index in [1.54, 1.807) is 0 Å². The fourth-order valence-corrected chi connectivity index (χ4v) is 2.92. The molecule has 104 valence electrons. The Balaban J connectivity index is 1.80. The third-order valence-electron chi connectivity index (χ3n) is 4.07. The van der Waals surface area contributed by atoms with Crippen LogP contribution in [0.1, 0.15) is 25.7 Å². The van der Waals surface area contributed by atoms with E-state index in [1.165, 1.54) is 16.8 Å². The van der Waals surface area contributed by atoms with Crippen LogP contribution in [0.5, 0.6) is 0 Å². The highest BCUT2D eigenvalue weighted by molar-refractivity contribution is 5.77. The number of aliphatic hydroxyl groups is 1. The summed E-state index contributed by atoms with van der Waals surface area (Å²) < 4.78 is 0. The second-order valence-corrected chi connectivity index (χ2v) is 5.56. The second-order valence-electron chi connectivity index (χ2n) is 5.56. The van der Waals surface area contributed by atoms with E-state index >= 15 is 0 Å². The van der Waals surface area contributed by atoms with Crippen LogP contribution in [0.15, 0.2) is 54.6 Å². The number of hydrogen-bond acceptors (Lipinski definition) is 2. The maximum absolute atomic E-state index is 9.60. The van der Waals surface area contributed by atoms with E-state index in [-0.39, 0.29) is 6.10 Å². The highest BCUT2D eigenvalue weighted by Crippen LogP contribution is 2.30. The number of nitrogens with one attached hydrogen (secondary N) is 1. The number of rotatable bonds is 3. The van der Waals surface area contributed by atoms with Crippen molar-refractivity contribution >= 4 is 5.69 Å². The standard InChI is InChI=1S/C18H21NO/c20-16-12-10-15(11-13-16)19-18-9-5-4-8-17(18)14-6-2-1-3-7-14/h1-9,15-16,19-20H,10-13H2. The van der Waals surface area contributed by atoms with Crippen molar-refractivity contribution in [3.8, 4) is 11.1 Å². The summed E-state index contributed by atoms with van der Waals surface area (Å²) in [6.07, 6.45) is 3.81. The lowest BCUT2D eigenvalue weighted by molar-refractivity contribution is 0.126. The number of benzene rings is 2. The molecule has 1 saturated carbocycles. The molecule has 1 fully saturated rings. The summed E-state index contributed by atoms with van der Waals surface area (Å²) in [5.41, 5.74) is 3.69. The van der Waals surface area contributed by atoms with Crippen molar-refractivity contribution in [2.75, 3.05) is 5.32 Å². The Morgan fingerprint density at radius 1 is 0.800 bits per heavy atom. The predicted octanol–water partition coefficient (Wildman–Crippen LogP) is 4.07. The van der Waals surface area contributed by atoms with Crippen LogP contribution in [0, 0.1) is 0 Å². The highest BCUT2D eigenvalue weighted by Gasteiger charge is 2.19. The van der Waals surface area contributed by atoms with Crippen molar-refractivity contribution in [1.82, 2.24) is 0 Å². The van der Waals surface area contributed by atoms with Gasteiger partial charge in [-0.2, -0.15) is 0 Å². The monoisotopic (exact) mass is 267 g/mol. The molecule has 0 aromatic heterocycles. The van der Waals surface area contributed by atoms with E-state index in [0.717, 1.165) is 25.7 Å². The average Bonchev–Trinajstić information content (AvgIpc) is 2.51. The SMILES string of the molecule is OC1CCC(Nc2ccccc2-c2ccccc2)CC1. The van der Waals surface area contributed by atoms with Gasteiger partial charge in [0.05, 0.1) is 6.10 Å². The maximum atomic E-state index is 9.60. The Kier molecular flexibility index (Phi) is 4.03. The van der Waals surface area contributed by atoms with Crippen LogP contribution in [0.3, 0.4) is 0 Å². The zero-order valence-electron chi connectivity index (χ0n) is 11.6. The third kappa shape index (κ3) is 3.02. The molecule has 2 N–H and O–H groups in total. The van der Waals surface area contributed by atoms with Gasteiger partial charge in [-0.3, -0.25) is 0 Å². The van der Waals surface area contributed by atoms with Gasteiger partial charge in [-0.15, -0.1) is 0 Å². The van der Waals surface area contributed by atoms with Gasteiger partial charge in [-0.1, -0.05) is 48.5 Å². The Morgan fingerprint density at radius 2 is 1.45 bits per heavy atom. The molecular weight excluding hydrogens is 246 g/mol. The first-order valence-electron chi connectivity index (χ1n) is 7.42. The first-order chi connectivity index (χ1) is 9.83. The summed E-state index contributed by atoms with van der Waals surface area (Å²) in [6, 6.07) is 19.4. The summed E-state index contributed by atoms with van der Waals surface area (Å²) in [5.74, 6) is 0. The maximum Gasteiger partial charge on any atom is 0.0541 e. The van der Waals surface area contributed by atoms with Gasteiger partial charge in [0.1, 0.15) is 0 Å². The minimum Gasteiger partial charge on any atom is -0.393 e. The molecule has 0 aliphatic heterocycles. The zero-order chi connectivity index (χ0) is 13.8. The molecule has 0 spiro atoms. The molecule has 0 radical (unpaired) electrons. The van der Waals surface area contributed by atoms with Gasteiger partial charge in [0, 0.05) is 17.3 Å². The molecule has 0 saturated heterocycles. The van der Waals surface area contributed by atoms with Crippen LogP contribution in [-0.4, -0.2) is 17.3 Å². The molecule has 0 amide bonds. The minimum absolute atomic E-state index is 0.0996. The van der Waals surface area contributed by atoms with E-state index in [9.17, 15) is 5.11 Å². The smallest absolute Gasteiger partial charge is 0.0541 e. The molecule has 0 heterocycles. The highest BCUT2D eigenvalue weighted by atomic mass is 16.3. The summed E-state index contributed by atoms with van der Waals surface area (Å²) in [4.78, 5) is 0. The lowest BCUT2D eigenvalue weighted by Gasteiger charge is -2.28. The van der Waals surface area contributed by atoms with Crippen molar-refractivity contribution in [3.63, 3.8) is 0 Å². The van der Waals surface area contributed by atoms with Crippen molar-refractivity contribution in [2.24, 2.45) is 0 Å². The summed E-state index contributed by atoms with van der Waals surface area (Å²) in [7, 11) is 0. The van der Waals surface area contributed by atoms with Crippen LogP contribution in [0.25, 0.3) is 11.1 Å². The molecule has 2 aromatic carbocycles. The zero-order valence-corrected chi connectivity index (χ0v) is 11.6. The molecule has 0 bridgehead atoms. The van der Waals surface area contributed by atoms with Gasteiger partial charge in [0.15, 0.2) is 0 Å². The summed E-state index contributed by atoms with van der Waals surface area (Å²) >= 11 is 0. The van der Waals surface area contributed by atoms with Gasteiger partial charge in [0.25, 0.3) is 0 Å². The van der Waals surface area contributed by atoms with Crippen molar-refractivity contribution < 1.29 is 5.11 Å². The van der Waals surface area contributed by atoms with Crippen molar-refractivity contribution in [2.45, 2.75) is 37.8 Å². The van der Waals surface area contributed by atoms with E-state index in [0.29, 0.717) is 6.04 Å². The van der Waals surface area contributed by atoms with Gasteiger partial charge in [0.2, 0.25) is 0 Å². The number of aliphatic hydroxyl groups excluding tert-OH is 1. The van der Waals surface area contributed by atoms with E-state index in [4.69, 9.17) is 0 Å². The lowest BCUT2D eigenvalue weighted by Crippen LogP contribution is -2.28. The van der Waals surface area contributed by atoms with Crippen LogP contribution >= 0.6 is 0 Å². The van der Waals surface area contributed by atoms with E-state index in [2.05, 4.69) is 53.8 Å². The lowest BCUT2D eigenvalue weighted by atomic mass is 9.92. The molecule has 0 unspecified atom stereocenters. The largest absolute Gasteiger partial charge is 0.393 e. The van der Waals surface area contributed by atoms with Crippen LogP contribution in [-0.2, 0) is 0 Å². The first kappa shape index (κ1) is 13.2. The van der Waals surface area contributed by atoms with Gasteiger partial charge >= 0.3 is 0 Å². The molecular formula is C18H21NO. The topological polar surface area (TPSA) is 32.3 Å². The average molecular weight is 267 g/mol. The predicted molar refractivity (Wildman–Crippen MR) is 83.8 cm³/mol. The van der Waals surface area contributed by atoms with Crippen LogP contribution in [0.4, 0.5) is 5.69 Å². The molecule has 2 nitrogen and oxygen atoms in total. The van der Waals surface area contributed by atoms with Gasteiger partial charge < -0.3 is 10.4 Å². The molecule has 1 aliphatic carbocycles. The van der Waals surface area contributed by atoms with E-state index < -0.39 is 0 Å². The Hall–Kier alpha value is -1.80. The molecule has 20 heavy (non-hydrogen) atoms. The van der Waals surface area contributed by atoms with Crippen molar-refractivity contribution in [3.05, 3.63) is 54.6 Å². The number of anilines is 1. The Morgan fingerprint density at radius 3 is 2.20 bits per heavy atom. The Labute approximate surface area is 120 Å². The fraction of sp³-hybridized carbons (Fsp3) is 0.333. The van der Waals surface area contributed by atoms with Crippen LogP contribution < -0.4 is 5.32 Å². The third-order valence-corrected chi connectivity index (χ3v) is 4.07. The van der Waals surface area contributed by atoms with Gasteiger partial charge in [-0.25, -0.2) is 0 Å². The molecule has 2 heteroatoms. The quantitative estimate of drug-likeness (QED) is 0.878. The van der Waals surface area contributed by atoms with E-state index in [1.807, 2.05) is 6.07 Å². The van der Waals surface area contributed by atoms with Crippen molar-refractivity contribution in [1.29, 1.82) is 0 Å². The second kappa shape index (κ2) is 6.10. The van der Waals surface area contributed by atoms with Gasteiger partial charge in [-0.05, 0) is 37.3 Å². The summed E-state index contributed by atoms with van der Waals surface area (Å²) in [5, 5.41) is 13.3. The summed E-state index contributed by atoms with van der Waals surface area (Å²) in [6.45, 7) is 0. The first-order valence-corrected chi connectivity index (χ1v) is 7.42. The molecule has 3 rings (SSSR count). The number of para-hydroxylation sites is 1.